The van der Waals surface area contributed by atoms with Crippen LogP contribution in [-0.2, 0) is 10.1 Å². The summed E-state index contributed by atoms with van der Waals surface area (Å²) in [6.45, 7) is 0.253. The van der Waals surface area contributed by atoms with Crippen molar-refractivity contribution in [2.24, 2.45) is 0 Å². The second-order valence-corrected chi connectivity index (χ2v) is 5.06. The number of hydrogen-bond donors (Lipinski definition) is 2. The molecule has 0 heterocycles. The first kappa shape index (κ1) is 13.9. The largest absolute Gasteiger partial charge is 0.396 e. The molecular weight excluding hydrogens is 204 g/mol. The molecule has 0 spiro atoms. The van der Waals surface area contributed by atoms with Crippen molar-refractivity contribution in [3.63, 3.8) is 0 Å². The van der Waals surface area contributed by atoms with Gasteiger partial charge in [-0.3, -0.25) is 4.55 Å². The van der Waals surface area contributed by atoms with Gasteiger partial charge in [-0.1, -0.05) is 32.1 Å². The Hall–Kier alpha value is -0.130. The Morgan fingerprint density at radius 1 is 0.786 bits per heavy atom. The van der Waals surface area contributed by atoms with Gasteiger partial charge in [-0.05, 0) is 12.8 Å². The third-order valence-electron chi connectivity index (χ3n) is 2.06. The molecular formula is C9H20O4S. The van der Waals surface area contributed by atoms with Gasteiger partial charge in [0.1, 0.15) is 0 Å². The van der Waals surface area contributed by atoms with Gasteiger partial charge < -0.3 is 5.11 Å². The summed E-state index contributed by atoms with van der Waals surface area (Å²) < 4.78 is 29.1. The van der Waals surface area contributed by atoms with Crippen molar-refractivity contribution in [3.05, 3.63) is 0 Å². The molecule has 86 valence electrons. The molecule has 0 aromatic heterocycles. The third-order valence-corrected chi connectivity index (χ3v) is 2.86. The molecule has 0 bridgehead atoms. The second-order valence-electron chi connectivity index (χ2n) is 3.48. The molecule has 0 aliphatic rings. The van der Waals surface area contributed by atoms with E-state index in [9.17, 15) is 8.42 Å². The standard InChI is InChI=1S/C9H20O4S/c10-8-6-4-2-1-3-5-7-9-14(11,12)13/h10H,1-9H2,(H,11,12,13). The van der Waals surface area contributed by atoms with Crippen molar-refractivity contribution in [1.82, 2.24) is 0 Å². The Kier molecular flexibility index (Phi) is 8.12. The smallest absolute Gasteiger partial charge is 0.264 e. The topological polar surface area (TPSA) is 74.6 Å². The lowest BCUT2D eigenvalue weighted by atomic mass is 10.1. The number of hydrogen-bond acceptors (Lipinski definition) is 3. The van der Waals surface area contributed by atoms with Crippen LogP contribution in [0.4, 0.5) is 0 Å². The van der Waals surface area contributed by atoms with Crippen molar-refractivity contribution in [2.45, 2.75) is 44.9 Å². The molecule has 0 fully saturated rings. The lowest BCUT2D eigenvalue weighted by Crippen LogP contribution is -2.03. The van der Waals surface area contributed by atoms with E-state index in [0.717, 1.165) is 38.5 Å². The van der Waals surface area contributed by atoms with E-state index in [-0.39, 0.29) is 12.4 Å². The predicted molar refractivity (Wildman–Crippen MR) is 55.8 cm³/mol. The maximum atomic E-state index is 10.3. The molecule has 0 aliphatic heterocycles. The van der Waals surface area contributed by atoms with Crippen LogP contribution in [0, 0.1) is 0 Å². The average molecular weight is 224 g/mol. The van der Waals surface area contributed by atoms with Crippen LogP contribution >= 0.6 is 0 Å². The number of aliphatic hydroxyl groups is 1. The number of rotatable bonds is 9. The molecule has 2 N–H and O–H groups in total. The highest BCUT2D eigenvalue weighted by molar-refractivity contribution is 7.85. The first-order valence-electron chi connectivity index (χ1n) is 5.12. The van der Waals surface area contributed by atoms with E-state index in [1.54, 1.807) is 0 Å². The van der Waals surface area contributed by atoms with E-state index in [1.165, 1.54) is 0 Å². The molecule has 0 saturated heterocycles. The molecule has 0 aromatic carbocycles. The van der Waals surface area contributed by atoms with Crippen LogP contribution < -0.4 is 0 Å². The molecule has 0 atom stereocenters. The Labute approximate surface area is 86.1 Å². The van der Waals surface area contributed by atoms with Crippen LogP contribution in [0.5, 0.6) is 0 Å². The summed E-state index contributed by atoms with van der Waals surface area (Å²) >= 11 is 0. The number of aliphatic hydroxyl groups excluding tert-OH is 1. The summed E-state index contributed by atoms with van der Waals surface area (Å²) in [7, 11) is -3.76. The predicted octanol–water partition coefficient (Wildman–Crippen LogP) is 1.60. The Morgan fingerprint density at radius 3 is 1.64 bits per heavy atom. The fourth-order valence-corrected chi connectivity index (χ4v) is 1.85. The van der Waals surface area contributed by atoms with Gasteiger partial charge in [0.2, 0.25) is 0 Å². The van der Waals surface area contributed by atoms with Gasteiger partial charge in [0.05, 0.1) is 5.75 Å². The van der Waals surface area contributed by atoms with Crippen LogP contribution in [-0.4, -0.2) is 30.4 Å². The van der Waals surface area contributed by atoms with Crippen molar-refractivity contribution in [2.75, 3.05) is 12.4 Å². The van der Waals surface area contributed by atoms with Gasteiger partial charge in [-0.25, -0.2) is 0 Å². The second kappa shape index (κ2) is 8.20. The van der Waals surface area contributed by atoms with Gasteiger partial charge in [0, 0.05) is 6.61 Å². The highest BCUT2D eigenvalue weighted by Gasteiger charge is 2.02. The lowest BCUT2D eigenvalue weighted by Gasteiger charge is -2.00. The molecule has 0 unspecified atom stereocenters. The zero-order chi connectivity index (χ0) is 10.9. The van der Waals surface area contributed by atoms with Gasteiger partial charge >= 0.3 is 0 Å². The molecule has 0 amide bonds. The third kappa shape index (κ3) is 11.9. The van der Waals surface area contributed by atoms with Crippen LogP contribution in [0.2, 0.25) is 0 Å². The molecule has 0 aliphatic carbocycles. The zero-order valence-electron chi connectivity index (χ0n) is 8.48. The molecule has 0 aromatic rings. The summed E-state index contributed by atoms with van der Waals surface area (Å²) in [5.41, 5.74) is 0. The highest BCUT2D eigenvalue weighted by Crippen LogP contribution is 2.07. The Balaban J connectivity index is 3.07. The minimum atomic E-state index is -3.76. The summed E-state index contributed by atoms with van der Waals surface area (Å²) in [6.07, 6.45) is 6.44. The molecule has 0 rings (SSSR count). The normalized spacial score (nSPS) is 11.9. The van der Waals surface area contributed by atoms with E-state index in [0.29, 0.717) is 6.42 Å². The van der Waals surface area contributed by atoms with Crippen LogP contribution in [0.25, 0.3) is 0 Å². The summed E-state index contributed by atoms with van der Waals surface area (Å²) in [5.74, 6) is -0.121. The molecule has 5 heteroatoms. The first-order valence-corrected chi connectivity index (χ1v) is 6.73. The maximum Gasteiger partial charge on any atom is 0.264 e. The fraction of sp³-hybridized carbons (Fsp3) is 1.00. The molecule has 14 heavy (non-hydrogen) atoms. The zero-order valence-corrected chi connectivity index (χ0v) is 9.30. The van der Waals surface area contributed by atoms with E-state index in [1.807, 2.05) is 0 Å². The lowest BCUT2D eigenvalue weighted by molar-refractivity contribution is 0.282. The monoisotopic (exact) mass is 224 g/mol. The summed E-state index contributed by atoms with van der Waals surface area (Å²) in [5, 5.41) is 8.50. The van der Waals surface area contributed by atoms with Crippen LogP contribution in [0.15, 0.2) is 0 Å². The summed E-state index contributed by atoms with van der Waals surface area (Å²) in [6, 6.07) is 0. The van der Waals surface area contributed by atoms with Crippen LogP contribution in [0.1, 0.15) is 44.9 Å². The van der Waals surface area contributed by atoms with Crippen molar-refractivity contribution in [1.29, 1.82) is 0 Å². The Bertz CT molecular complexity index is 211. The van der Waals surface area contributed by atoms with Crippen molar-refractivity contribution >= 4 is 10.1 Å². The van der Waals surface area contributed by atoms with Gasteiger partial charge in [0.15, 0.2) is 0 Å². The molecule has 0 saturated carbocycles. The average Bonchev–Trinajstić information content (AvgIpc) is 2.08. The molecule has 4 nitrogen and oxygen atoms in total. The minimum absolute atomic E-state index is 0.121. The van der Waals surface area contributed by atoms with Gasteiger partial charge in [-0.2, -0.15) is 8.42 Å². The summed E-state index contributed by atoms with van der Waals surface area (Å²) in [4.78, 5) is 0. The highest BCUT2D eigenvalue weighted by atomic mass is 32.2. The minimum Gasteiger partial charge on any atom is -0.396 e. The van der Waals surface area contributed by atoms with Gasteiger partial charge in [-0.15, -0.1) is 0 Å². The van der Waals surface area contributed by atoms with E-state index in [4.69, 9.17) is 9.66 Å². The van der Waals surface area contributed by atoms with E-state index in [2.05, 4.69) is 0 Å². The van der Waals surface area contributed by atoms with Crippen molar-refractivity contribution in [3.8, 4) is 0 Å². The Morgan fingerprint density at radius 2 is 1.21 bits per heavy atom. The molecule has 0 radical (unpaired) electrons. The first-order chi connectivity index (χ1) is 6.56. The van der Waals surface area contributed by atoms with Crippen molar-refractivity contribution < 1.29 is 18.1 Å². The van der Waals surface area contributed by atoms with Crippen LogP contribution in [0.3, 0.4) is 0 Å². The van der Waals surface area contributed by atoms with E-state index >= 15 is 0 Å². The quantitative estimate of drug-likeness (QED) is 0.461. The fourth-order valence-electron chi connectivity index (χ4n) is 1.28. The number of unbranched alkanes of at least 4 members (excludes halogenated alkanes) is 6. The van der Waals surface area contributed by atoms with E-state index < -0.39 is 10.1 Å². The maximum absolute atomic E-state index is 10.3. The van der Waals surface area contributed by atoms with Gasteiger partial charge in [0.25, 0.3) is 10.1 Å². The SMILES string of the molecule is O=S(=O)(O)CCCCCCCCCO.